The zero-order valence-electron chi connectivity index (χ0n) is 12.1. The molecule has 7 nitrogen and oxygen atoms in total. The van der Waals surface area contributed by atoms with Crippen molar-refractivity contribution in [1.29, 1.82) is 0 Å². The van der Waals surface area contributed by atoms with Crippen LogP contribution in [-0.4, -0.2) is 45.8 Å². The fourth-order valence-electron chi connectivity index (χ4n) is 1.39. The van der Waals surface area contributed by atoms with E-state index >= 15 is 0 Å². The number of benzene rings is 1. The van der Waals surface area contributed by atoms with Crippen molar-refractivity contribution in [2.24, 2.45) is 10.7 Å². The van der Waals surface area contributed by atoms with E-state index in [4.69, 9.17) is 15.2 Å². The summed E-state index contributed by atoms with van der Waals surface area (Å²) < 4.78 is 9.91. The number of nitrogens with zero attached hydrogens (tertiary/aromatic N) is 1. The molecule has 1 amide bonds. The number of halogens is 1. The molecule has 0 bridgehead atoms. The Morgan fingerprint density at radius 2 is 2.14 bits per heavy atom. The first-order valence-electron chi connectivity index (χ1n) is 6.12. The molecule has 1 aromatic carbocycles. The maximum atomic E-state index is 11.4. The fraction of sp³-hybridized carbons (Fsp3) is 0.385. The molecule has 4 N–H and O–H groups in total. The average molecular weight is 408 g/mol. The first-order chi connectivity index (χ1) is 9.65. The lowest BCUT2D eigenvalue weighted by atomic mass is 10.3. The smallest absolute Gasteiger partial charge is 0.241 e. The van der Waals surface area contributed by atoms with Crippen LogP contribution in [0.3, 0.4) is 0 Å². The van der Waals surface area contributed by atoms with Gasteiger partial charge < -0.3 is 25.8 Å². The van der Waals surface area contributed by atoms with Crippen LogP contribution in [0.5, 0.6) is 5.75 Å². The van der Waals surface area contributed by atoms with Crippen molar-refractivity contribution in [2.75, 3.05) is 39.2 Å². The van der Waals surface area contributed by atoms with Gasteiger partial charge in [-0.2, -0.15) is 0 Å². The van der Waals surface area contributed by atoms with E-state index in [0.717, 1.165) is 5.69 Å². The first kappa shape index (κ1) is 19.4. The van der Waals surface area contributed by atoms with Crippen molar-refractivity contribution in [1.82, 2.24) is 5.32 Å². The molecule has 0 aliphatic carbocycles. The van der Waals surface area contributed by atoms with Crippen LogP contribution in [0.25, 0.3) is 0 Å². The summed E-state index contributed by atoms with van der Waals surface area (Å²) in [6.45, 7) is 0.883. The molecule has 0 fully saturated rings. The molecular formula is C13H21IN4O3. The molecule has 0 heterocycles. The van der Waals surface area contributed by atoms with Crippen molar-refractivity contribution in [2.45, 2.75) is 0 Å². The summed E-state index contributed by atoms with van der Waals surface area (Å²) in [7, 11) is 3.15. The van der Waals surface area contributed by atoms with Gasteiger partial charge in [0, 0.05) is 25.4 Å². The van der Waals surface area contributed by atoms with Gasteiger partial charge in [0.05, 0.1) is 13.7 Å². The second kappa shape index (κ2) is 11.1. The third-order valence-corrected chi connectivity index (χ3v) is 2.36. The van der Waals surface area contributed by atoms with Crippen LogP contribution in [0.1, 0.15) is 0 Å². The Balaban J connectivity index is 0.00000400. The van der Waals surface area contributed by atoms with E-state index in [1.807, 2.05) is 18.2 Å². The van der Waals surface area contributed by atoms with Crippen LogP contribution in [0.2, 0.25) is 0 Å². The Morgan fingerprint density at radius 1 is 1.38 bits per heavy atom. The maximum absolute atomic E-state index is 11.4. The maximum Gasteiger partial charge on any atom is 0.241 e. The number of rotatable bonds is 7. The lowest BCUT2D eigenvalue weighted by Crippen LogP contribution is -2.31. The van der Waals surface area contributed by atoms with Gasteiger partial charge >= 0.3 is 0 Å². The molecule has 118 valence electrons. The summed E-state index contributed by atoms with van der Waals surface area (Å²) in [6, 6.07) is 7.25. The Kier molecular flexibility index (Phi) is 10.3. The molecule has 21 heavy (non-hydrogen) atoms. The Bertz CT molecular complexity index is 468. The molecule has 0 aliphatic heterocycles. The van der Waals surface area contributed by atoms with Gasteiger partial charge in [-0.3, -0.25) is 4.79 Å². The SMILES string of the molecule is COCCNC(=O)CN=C(N)Nc1cccc(OC)c1.I. The quantitative estimate of drug-likeness (QED) is 0.269. The normalized spacial score (nSPS) is 10.5. The minimum absolute atomic E-state index is 0. The number of hydrogen-bond acceptors (Lipinski definition) is 4. The minimum atomic E-state index is -0.211. The van der Waals surface area contributed by atoms with Gasteiger partial charge in [0.2, 0.25) is 5.91 Å². The summed E-state index contributed by atoms with van der Waals surface area (Å²) in [5.41, 5.74) is 6.43. The summed E-state index contributed by atoms with van der Waals surface area (Å²) >= 11 is 0. The molecule has 1 aromatic rings. The monoisotopic (exact) mass is 408 g/mol. The summed E-state index contributed by atoms with van der Waals surface area (Å²) in [6.07, 6.45) is 0. The van der Waals surface area contributed by atoms with Gasteiger partial charge in [0.15, 0.2) is 5.96 Å². The predicted octanol–water partition coefficient (Wildman–Crippen LogP) is 0.802. The predicted molar refractivity (Wildman–Crippen MR) is 93.4 cm³/mol. The second-order valence-corrected chi connectivity index (χ2v) is 3.90. The summed E-state index contributed by atoms with van der Waals surface area (Å²) in [5.74, 6) is 0.665. The second-order valence-electron chi connectivity index (χ2n) is 3.90. The van der Waals surface area contributed by atoms with Gasteiger partial charge in [0.1, 0.15) is 12.3 Å². The van der Waals surface area contributed by atoms with Crippen LogP contribution in [0, 0.1) is 0 Å². The van der Waals surface area contributed by atoms with Crippen molar-refractivity contribution < 1.29 is 14.3 Å². The lowest BCUT2D eigenvalue weighted by molar-refractivity contribution is -0.119. The summed E-state index contributed by atoms with van der Waals surface area (Å²) in [4.78, 5) is 15.3. The number of carbonyl (C=O) groups excluding carboxylic acids is 1. The van der Waals surface area contributed by atoms with E-state index in [0.29, 0.717) is 18.9 Å². The van der Waals surface area contributed by atoms with Crippen LogP contribution in [-0.2, 0) is 9.53 Å². The van der Waals surface area contributed by atoms with E-state index in [1.165, 1.54) is 0 Å². The lowest BCUT2D eigenvalue weighted by Gasteiger charge is -2.07. The molecule has 0 saturated heterocycles. The molecule has 0 atom stereocenters. The van der Waals surface area contributed by atoms with Gasteiger partial charge in [-0.25, -0.2) is 4.99 Å². The van der Waals surface area contributed by atoms with Crippen LogP contribution in [0.4, 0.5) is 5.69 Å². The van der Waals surface area contributed by atoms with E-state index in [-0.39, 0.29) is 42.4 Å². The van der Waals surface area contributed by atoms with E-state index in [1.54, 1.807) is 20.3 Å². The highest BCUT2D eigenvalue weighted by Crippen LogP contribution is 2.16. The number of anilines is 1. The zero-order valence-corrected chi connectivity index (χ0v) is 14.4. The highest BCUT2D eigenvalue weighted by atomic mass is 127. The first-order valence-corrected chi connectivity index (χ1v) is 6.12. The Labute approximate surface area is 141 Å². The molecule has 0 spiro atoms. The Morgan fingerprint density at radius 3 is 2.81 bits per heavy atom. The number of carbonyl (C=O) groups is 1. The third-order valence-electron chi connectivity index (χ3n) is 2.36. The summed E-state index contributed by atoms with van der Waals surface area (Å²) in [5, 5.41) is 5.53. The van der Waals surface area contributed by atoms with Crippen LogP contribution < -0.4 is 21.1 Å². The molecule has 0 aliphatic rings. The number of guanidine groups is 1. The number of amides is 1. The molecule has 0 radical (unpaired) electrons. The van der Waals surface area contributed by atoms with Gasteiger partial charge in [-0.1, -0.05) is 6.07 Å². The molecule has 1 rings (SSSR count). The van der Waals surface area contributed by atoms with Crippen molar-refractivity contribution in [3.05, 3.63) is 24.3 Å². The highest BCUT2D eigenvalue weighted by molar-refractivity contribution is 14.0. The minimum Gasteiger partial charge on any atom is -0.497 e. The van der Waals surface area contributed by atoms with Crippen molar-refractivity contribution in [3.63, 3.8) is 0 Å². The molecule has 8 heteroatoms. The number of aliphatic imine (C=N–C) groups is 1. The average Bonchev–Trinajstić information content (AvgIpc) is 2.45. The van der Waals surface area contributed by atoms with Gasteiger partial charge in [0.25, 0.3) is 0 Å². The molecule has 0 aromatic heterocycles. The highest BCUT2D eigenvalue weighted by Gasteiger charge is 2.01. The van der Waals surface area contributed by atoms with Crippen LogP contribution in [0.15, 0.2) is 29.3 Å². The zero-order chi connectivity index (χ0) is 14.8. The van der Waals surface area contributed by atoms with E-state index < -0.39 is 0 Å². The number of methoxy groups -OCH3 is 2. The number of hydrogen-bond donors (Lipinski definition) is 3. The van der Waals surface area contributed by atoms with E-state index in [9.17, 15) is 4.79 Å². The Hall–Kier alpha value is -1.55. The van der Waals surface area contributed by atoms with Gasteiger partial charge in [-0.15, -0.1) is 24.0 Å². The topological polar surface area (TPSA) is 98.0 Å². The number of nitrogens with two attached hydrogens (primary N) is 1. The largest absolute Gasteiger partial charge is 0.497 e. The van der Waals surface area contributed by atoms with E-state index in [2.05, 4.69) is 15.6 Å². The molecule has 0 unspecified atom stereocenters. The third kappa shape index (κ3) is 8.35. The van der Waals surface area contributed by atoms with Gasteiger partial charge in [-0.05, 0) is 12.1 Å². The van der Waals surface area contributed by atoms with Crippen molar-refractivity contribution >= 4 is 41.5 Å². The number of ether oxygens (including phenoxy) is 2. The standard InChI is InChI=1S/C13H20N4O3.HI/c1-19-7-6-15-12(18)9-16-13(14)17-10-4-3-5-11(8-10)20-2;/h3-5,8H,6-7,9H2,1-2H3,(H,15,18)(H3,14,16,17);1H. The van der Waals surface area contributed by atoms with Crippen LogP contribution >= 0.6 is 24.0 Å². The molecular weight excluding hydrogens is 387 g/mol. The fourth-order valence-corrected chi connectivity index (χ4v) is 1.39. The van der Waals surface area contributed by atoms with Crippen molar-refractivity contribution in [3.8, 4) is 5.75 Å². The number of nitrogens with one attached hydrogen (secondary N) is 2. The molecule has 0 saturated carbocycles.